The normalized spacial score (nSPS) is 11.8. The molecule has 0 unspecified atom stereocenters. The Balaban J connectivity index is 2.11. The van der Waals surface area contributed by atoms with E-state index in [4.69, 9.17) is 4.42 Å². The summed E-state index contributed by atoms with van der Waals surface area (Å²) in [5.41, 5.74) is 3.77. The van der Waals surface area contributed by atoms with Crippen molar-refractivity contribution in [1.29, 1.82) is 0 Å². The van der Waals surface area contributed by atoms with E-state index in [9.17, 15) is 13.2 Å². The summed E-state index contributed by atoms with van der Waals surface area (Å²) in [6.07, 6.45) is 0. The van der Waals surface area contributed by atoms with E-state index in [-0.39, 0.29) is 10.5 Å². The number of anilines is 1. The van der Waals surface area contributed by atoms with Gasteiger partial charge in [-0.15, -0.1) is 0 Å². The van der Waals surface area contributed by atoms with Crippen LogP contribution in [0.15, 0.2) is 44.4 Å². The lowest BCUT2D eigenvalue weighted by molar-refractivity contribution is 0.527. The van der Waals surface area contributed by atoms with Crippen molar-refractivity contribution in [2.24, 2.45) is 7.05 Å². The first kappa shape index (κ1) is 16.3. The molecule has 7 heteroatoms. The molecule has 0 aliphatic rings. The van der Waals surface area contributed by atoms with Crippen molar-refractivity contribution in [2.45, 2.75) is 25.7 Å². The van der Waals surface area contributed by atoms with E-state index in [0.29, 0.717) is 16.8 Å². The van der Waals surface area contributed by atoms with Crippen LogP contribution in [0, 0.1) is 20.8 Å². The van der Waals surface area contributed by atoms with Gasteiger partial charge in [-0.2, -0.15) is 0 Å². The number of benzene rings is 2. The van der Waals surface area contributed by atoms with Gasteiger partial charge in [-0.05, 0) is 55.7 Å². The molecule has 0 bridgehead atoms. The van der Waals surface area contributed by atoms with Crippen LogP contribution in [0.3, 0.4) is 0 Å². The Labute approximate surface area is 139 Å². The second-order valence-corrected chi connectivity index (χ2v) is 7.65. The van der Waals surface area contributed by atoms with E-state index >= 15 is 0 Å². The molecule has 1 aromatic heterocycles. The highest BCUT2D eigenvalue weighted by molar-refractivity contribution is 7.92. The quantitative estimate of drug-likeness (QED) is 0.791. The Morgan fingerprint density at radius 3 is 2.25 bits per heavy atom. The summed E-state index contributed by atoms with van der Waals surface area (Å²) in [6.45, 7) is 5.49. The number of fused-ring (bicyclic) bond motifs is 1. The maximum Gasteiger partial charge on any atom is 0.419 e. The molecule has 0 fully saturated rings. The van der Waals surface area contributed by atoms with Gasteiger partial charge in [-0.1, -0.05) is 6.07 Å². The third-order valence-electron chi connectivity index (χ3n) is 3.85. The summed E-state index contributed by atoms with van der Waals surface area (Å²) in [4.78, 5) is 11.7. The van der Waals surface area contributed by atoms with Gasteiger partial charge in [0.25, 0.3) is 10.0 Å². The van der Waals surface area contributed by atoms with E-state index in [0.717, 1.165) is 11.1 Å². The molecule has 3 rings (SSSR count). The van der Waals surface area contributed by atoms with Gasteiger partial charge in [0.05, 0.1) is 10.4 Å². The standard InChI is InChI=1S/C17H18N2O4S/c1-10-5-11(2)7-13(6-10)18-24(21,22)16-9-15-14(8-12(16)3)19(4)17(20)23-15/h5-9,18H,1-4H3. The minimum atomic E-state index is -3.79. The fourth-order valence-electron chi connectivity index (χ4n) is 2.79. The highest BCUT2D eigenvalue weighted by Gasteiger charge is 2.20. The third kappa shape index (κ3) is 2.82. The van der Waals surface area contributed by atoms with Crippen LogP contribution in [0.25, 0.3) is 11.1 Å². The van der Waals surface area contributed by atoms with Gasteiger partial charge in [-0.25, -0.2) is 13.2 Å². The molecule has 6 nitrogen and oxygen atoms in total. The van der Waals surface area contributed by atoms with Crippen LogP contribution in [-0.4, -0.2) is 13.0 Å². The Morgan fingerprint density at radius 1 is 1.00 bits per heavy atom. The molecule has 0 spiro atoms. The molecule has 126 valence electrons. The molecule has 0 atom stereocenters. The zero-order valence-corrected chi connectivity index (χ0v) is 14.7. The van der Waals surface area contributed by atoms with E-state index in [1.807, 2.05) is 19.9 Å². The van der Waals surface area contributed by atoms with Gasteiger partial charge < -0.3 is 4.42 Å². The largest absolute Gasteiger partial charge is 0.419 e. The summed E-state index contributed by atoms with van der Waals surface area (Å²) in [5.74, 6) is -0.527. The number of hydrogen-bond acceptors (Lipinski definition) is 4. The molecular formula is C17H18N2O4S. The van der Waals surface area contributed by atoms with Crippen molar-refractivity contribution >= 4 is 26.8 Å². The molecule has 0 aliphatic carbocycles. The van der Waals surface area contributed by atoms with Crippen molar-refractivity contribution in [3.8, 4) is 0 Å². The average molecular weight is 346 g/mol. The number of oxazole rings is 1. The van der Waals surface area contributed by atoms with Crippen LogP contribution in [-0.2, 0) is 17.1 Å². The van der Waals surface area contributed by atoms with Crippen molar-refractivity contribution in [3.05, 3.63) is 57.6 Å². The summed E-state index contributed by atoms with van der Waals surface area (Å²) >= 11 is 0. The first-order valence-electron chi connectivity index (χ1n) is 7.39. The molecule has 0 aliphatic heterocycles. The van der Waals surface area contributed by atoms with E-state index < -0.39 is 15.8 Å². The predicted molar refractivity (Wildman–Crippen MR) is 92.9 cm³/mol. The first-order valence-corrected chi connectivity index (χ1v) is 8.87. The van der Waals surface area contributed by atoms with Crippen LogP contribution in [0.1, 0.15) is 16.7 Å². The van der Waals surface area contributed by atoms with E-state index in [2.05, 4.69) is 4.72 Å². The van der Waals surface area contributed by atoms with Crippen LogP contribution in [0.4, 0.5) is 5.69 Å². The smallest absolute Gasteiger partial charge is 0.408 e. The molecule has 24 heavy (non-hydrogen) atoms. The molecule has 3 aromatic rings. The fraction of sp³-hybridized carbons (Fsp3) is 0.235. The van der Waals surface area contributed by atoms with Crippen molar-refractivity contribution < 1.29 is 12.8 Å². The first-order chi connectivity index (χ1) is 11.2. The zero-order valence-electron chi connectivity index (χ0n) is 13.9. The molecule has 0 radical (unpaired) electrons. The summed E-state index contributed by atoms with van der Waals surface area (Å²) in [5, 5.41) is 0. The molecule has 1 N–H and O–H groups in total. The minimum absolute atomic E-state index is 0.0866. The van der Waals surface area contributed by atoms with Gasteiger partial charge >= 0.3 is 5.76 Å². The highest BCUT2D eigenvalue weighted by atomic mass is 32.2. The monoisotopic (exact) mass is 346 g/mol. The predicted octanol–water partition coefficient (Wildman–Crippen LogP) is 2.86. The molecule has 0 saturated carbocycles. The Morgan fingerprint density at radius 2 is 1.62 bits per heavy atom. The lowest BCUT2D eigenvalue weighted by atomic mass is 10.1. The molecule has 2 aromatic carbocycles. The average Bonchev–Trinajstić information content (AvgIpc) is 2.71. The number of sulfonamides is 1. The number of aryl methyl sites for hydroxylation is 4. The number of nitrogens with one attached hydrogen (secondary N) is 1. The number of hydrogen-bond donors (Lipinski definition) is 1. The Hall–Kier alpha value is -2.54. The third-order valence-corrected chi connectivity index (χ3v) is 5.38. The van der Waals surface area contributed by atoms with Crippen LogP contribution >= 0.6 is 0 Å². The Bertz CT molecular complexity index is 1090. The summed E-state index contributed by atoms with van der Waals surface area (Å²) in [7, 11) is -2.21. The van der Waals surface area contributed by atoms with E-state index in [1.165, 1.54) is 10.6 Å². The van der Waals surface area contributed by atoms with Gasteiger partial charge in [0.1, 0.15) is 0 Å². The molecule has 0 saturated heterocycles. The second kappa shape index (κ2) is 5.52. The maximum absolute atomic E-state index is 12.7. The topological polar surface area (TPSA) is 81.3 Å². The van der Waals surface area contributed by atoms with Gasteiger partial charge in [0.15, 0.2) is 5.58 Å². The van der Waals surface area contributed by atoms with Crippen LogP contribution < -0.4 is 10.5 Å². The van der Waals surface area contributed by atoms with Crippen LogP contribution in [0.5, 0.6) is 0 Å². The number of rotatable bonds is 3. The van der Waals surface area contributed by atoms with Gasteiger partial charge in [0, 0.05) is 18.8 Å². The summed E-state index contributed by atoms with van der Waals surface area (Å²) in [6, 6.07) is 8.52. The van der Waals surface area contributed by atoms with Crippen molar-refractivity contribution in [1.82, 2.24) is 4.57 Å². The Kier molecular flexibility index (Phi) is 3.76. The fourth-order valence-corrected chi connectivity index (χ4v) is 4.08. The van der Waals surface area contributed by atoms with Crippen molar-refractivity contribution in [3.63, 3.8) is 0 Å². The number of nitrogens with zero attached hydrogens (tertiary/aromatic N) is 1. The minimum Gasteiger partial charge on any atom is -0.408 e. The molecule has 0 amide bonds. The van der Waals surface area contributed by atoms with Crippen molar-refractivity contribution in [2.75, 3.05) is 4.72 Å². The number of aromatic nitrogens is 1. The second-order valence-electron chi connectivity index (χ2n) is 5.99. The van der Waals surface area contributed by atoms with E-state index in [1.54, 1.807) is 32.2 Å². The van der Waals surface area contributed by atoms with Gasteiger partial charge in [-0.3, -0.25) is 9.29 Å². The van der Waals surface area contributed by atoms with Gasteiger partial charge in [0.2, 0.25) is 0 Å². The summed E-state index contributed by atoms with van der Waals surface area (Å²) < 4.78 is 34.5. The zero-order chi connectivity index (χ0) is 17.6. The lowest BCUT2D eigenvalue weighted by Gasteiger charge is -2.12. The maximum atomic E-state index is 12.7. The SMILES string of the molecule is Cc1cc(C)cc(NS(=O)(=O)c2cc3oc(=O)n(C)c3cc2C)c1. The highest BCUT2D eigenvalue weighted by Crippen LogP contribution is 2.25. The van der Waals surface area contributed by atoms with Crippen LogP contribution in [0.2, 0.25) is 0 Å². The molecular weight excluding hydrogens is 328 g/mol. The lowest BCUT2D eigenvalue weighted by Crippen LogP contribution is -2.14. The molecule has 1 heterocycles.